The molecule has 0 unspecified atom stereocenters. The number of rotatable bonds is 3. The molecule has 1 fully saturated rings. The molecule has 1 saturated heterocycles. The van der Waals surface area contributed by atoms with Crippen LogP contribution >= 0.6 is 11.8 Å². The summed E-state index contributed by atoms with van der Waals surface area (Å²) in [6.07, 6.45) is 0. The van der Waals surface area contributed by atoms with Crippen molar-refractivity contribution >= 4 is 28.6 Å². The van der Waals surface area contributed by atoms with Crippen molar-refractivity contribution in [3.63, 3.8) is 0 Å². The summed E-state index contributed by atoms with van der Waals surface area (Å²) >= 11 is 0.982. The zero-order valence-electron chi connectivity index (χ0n) is 9.47. The van der Waals surface area contributed by atoms with E-state index >= 15 is 0 Å². The van der Waals surface area contributed by atoms with Crippen LogP contribution in [0.25, 0.3) is 0 Å². The molecule has 1 aromatic carbocycles. The number of nitrogens with one attached hydrogen (secondary N) is 1. The van der Waals surface area contributed by atoms with E-state index in [1.807, 2.05) is 0 Å². The third kappa shape index (κ3) is 2.36. The van der Waals surface area contributed by atoms with Crippen LogP contribution < -0.4 is 10.1 Å². The first-order valence-corrected chi connectivity index (χ1v) is 5.88. The largest absolute Gasteiger partial charge is 0.497 e. The third-order valence-corrected chi connectivity index (χ3v) is 3.47. The highest BCUT2D eigenvalue weighted by molar-refractivity contribution is 8.15. The van der Waals surface area contributed by atoms with Crippen molar-refractivity contribution in [3.8, 4) is 5.75 Å². The number of hydrogen-bond donors (Lipinski definition) is 1. The minimum absolute atomic E-state index is 0.226. The molecule has 5 nitrogen and oxygen atoms in total. The number of thioether (sulfide) groups is 1. The van der Waals surface area contributed by atoms with Crippen molar-refractivity contribution in [2.24, 2.45) is 0 Å². The Hall–Kier alpha value is -1.69. The number of ether oxygens (including phenoxy) is 1. The van der Waals surface area contributed by atoms with Crippen molar-refractivity contribution < 1.29 is 14.3 Å². The van der Waals surface area contributed by atoms with E-state index in [0.29, 0.717) is 0 Å². The van der Waals surface area contributed by atoms with Gasteiger partial charge in [0.25, 0.3) is 11.1 Å². The molecule has 0 saturated carbocycles. The standard InChI is InChI=1S/C11H12N2O3S/c1-13-10(14)9(17-11(13)15)12-7-3-5-8(16-2)6-4-7/h3-6,9,12H,1-2H3/t9-/m1/s1. The number of carbonyl (C=O) groups excluding carboxylic acids is 2. The lowest BCUT2D eigenvalue weighted by Gasteiger charge is -2.11. The number of imide groups is 1. The van der Waals surface area contributed by atoms with E-state index in [4.69, 9.17) is 4.74 Å². The van der Waals surface area contributed by atoms with E-state index in [0.717, 1.165) is 28.1 Å². The summed E-state index contributed by atoms with van der Waals surface area (Å²) in [5.74, 6) is 0.518. The Morgan fingerprint density at radius 1 is 1.29 bits per heavy atom. The van der Waals surface area contributed by atoms with Crippen LogP contribution in [0.1, 0.15) is 0 Å². The maximum atomic E-state index is 11.6. The smallest absolute Gasteiger partial charge is 0.290 e. The summed E-state index contributed by atoms with van der Waals surface area (Å²) in [4.78, 5) is 24.1. The molecule has 1 aromatic rings. The van der Waals surface area contributed by atoms with Gasteiger partial charge >= 0.3 is 0 Å². The fourth-order valence-electron chi connectivity index (χ4n) is 1.43. The second kappa shape index (κ2) is 4.67. The zero-order valence-corrected chi connectivity index (χ0v) is 10.3. The predicted molar refractivity (Wildman–Crippen MR) is 66.2 cm³/mol. The first-order valence-electron chi connectivity index (χ1n) is 5.00. The highest BCUT2D eigenvalue weighted by Gasteiger charge is 2.36. The molecule has 2 amide bonds. The summed E-state index contributed by atoms with van der Waals surface area (Å²) in [5, 5.41) is 2.22. The van der Waals surface area contributed by atoms with Crippen LogP contribution in [0.3, 0.4) is 0 Å². The number of hydrogen-bond acceptors (Lipinski definition) is 5. The van der Waals surface area contributed by atoms with E-state index in [1.54, 1.807) is 31.4 Å². The average molecular weight is 252 g/mol. The summed E-state index contributed by atoms with van der Waals surface area (Å²) in [5.41, 5.74) is 0.778. The van der Waals surface area contributed by atoms with Gasteiger partial charge in [0.2, 0.25) is 0 Å². The lowest BCUT2D eigenvalue weighted by atomic mass is 10.3. The maximum Gasteiger partial charge on any atom is 0.290 e. The molecule has 1 heterocycles. The summed E-state index contributed by atoms with van der Waals surface area (Å²) in [6, 6.07) is 7.18. The van der Waals surface area contributed by atoms with Crippen LogP contribution in [0.15, 0.2) is 24.3 Å². The van der Waals surface area contributed by atoms with Gasteiger partial charge in [-0.25, -0.2) is 0 Å². The van der Waals surface area contributed by atoms with E-state index in [-0.39, 0.29) is 11.1 Å². The summed E-state index contributed by atoms with van der Waals surface area (Å²) < 4.78 is 5.03. The molecule has 1 atom stereocenters. The molecule has 1 aliphatic rings. The van der Waals surface area contributed by atoms with Gasteiger partial charge < -0.3 is 10.1 Å². The molecular formula is C11H12N2O3S. The van der Waals surface area contributed by atoms with Crippen LogP contribution in [0.2, 0.25) is 0 Å². The molecule has 17 heavy (non-hydrogen) atoms. The minimum atomic E-state index is -0.541. The zero-order chi connectivity index (χ0) is 12.4. The monoisotopic (exact) mass is 252 g/mol. The molecule has 2 rings (SSSR count). The molecule has 0 aliphatic carbocycles. The molecule has 6 heteroatoms. The average Bonchev–Trinajstić information content (AvgIpc) is 2.58. The lowest BCUT2D eigenvalue weighted by molar-refractivity contribution is -0.125. The third-order valence-electron chi connectivity index (χ3n) is 2.44. The Balaban J connectivity index is 2.06. The van der Waals surface area contributed by atoms with Gasteiger partial charge in [0.15, 0.2) is 5.37 Å². The normalized spacial score (nSPS) is 19.6. The molecule has 0 bridgehead atoms. The number of amides is 2. The number of benzene rings is 1. The molecule has 90 valence electrons. The van der Waals surface area contributed by atoms with Crippen molar-refractivity contribution in [1.82, 2.24) is 4.90 Å². The Morgan fingerprint density at radius 2 is 1.94 bits per heavy atom. The van der Waals surface area contributed by atoms with Crippen LogP contribution in [0, 0.1) is 0 Å². The van der Waals surface area contributed by atoms with Crippen LogP contribution in [-0.4, -0.2) is 35.6 Å². The molecule has 1 N–H and O–H groups in total. The topological polar surface area (TPSA) is 58.6 Å². The summed E-state index contributed by atoms with van der Waals surface area (Å²) in [6.45, 7) is 0. The fourth-order valence-corrected chi connectivity index (χ4v) is 2.33. The number of carbonyl (C=O) groups is 2. The van der Waals surface area contributed by atoms with Gasteiger partial charge in [-0.15, -0.1) is 0 Å². The van der Waals surface area contributed by atoms with Crippen LogP contribution in [-0.2, 0) is 4.79 Å². The van der Waals surface area contributed by atoms with Gasteiger partial charge in [0, 0.05) is 12.7 Å². The molecule has 0 radical (unpaired) electrons. The highest BCUT2D eigenvalue weighted by Crippen LogP contribution is 2.27. The Bertz CT molecular complexity index is 447. The van der Waals surface area contributed by atoms with Crippen LogP contribution in [0.4, 0.5) is 10.5 Å². The van der Waals surface area contributed by atoms with Crippen molar-refractivity contribution in [2.45, 2.75) is 5.37 Å². The van der Waals surface area contributed by atoms with Crippen LogP contribution in [0.5, 0.6) is 5.75 Å². The number of likely N-dealkylation sites (N-methyl/N-ethyl adjacent to an activating group) is 1. The molecule has 0 aromatic heterocycles. The van der Waals surface area contributed by atoms with Gasteiger partial charge in [-0.05, 0) is 36.0 Å². The first-order chi connectivity index (χ1) is 8.11. The number of anilines is 1. The number of methoxy groups -OCH3 is 1. The summed E-state index contributed by atoms with van der Waals surface area (Å²) in [7, 11) is 3.07. The van der Waals surface area contributed by atoms with E-state index in [1.165, 1.54) is 7.05 Å². The lowest BCUT2D eigenvalue weighted by Crippen LogP contribution is -2.31. The van der Waals surface area contributed by atoms with Gasteiger partial charge in [-0.3, -0.25) is 14.5 Å². The Morgan fingerprint density at radius 3 is 2.41 bits per heavy atom. The van der Waals surface area contributed by atoms with E-state index < -0.39 is 5.37 Å². The SMILES string of the molecule is COc1ccc(N[C@@H]2SC(=O)N(C)C2=O)cc1. The van der Waals surface area contributed by atoms with Crippen molar-refractivity contribution in [1.29, 1.82) is 0 Å². The van der Waals surface area contributed by atoms with Crippen molar-refractivity contribution in [3.05, 3.63) is 24.3 Å². The Labute approximate surface area is 103 Å². The van der Waals surface area contributed by atoms with Gasteiger partial charge in [-0.1, -0.05) is 0 Å². The minimum Gasteiger partial charge on any atom is -0.497 e. The molecule has 0 spiro atoms. The Kier molecular flexibility index (Phi) is 3.23. The second-order valence-electron chi connectivity index (χ2n) is 3.53. The number of nitrogens with zero attached hydrogens (tertiary/aromatic N) is 1. The second-order valence-corrected chi connectivity index (χ2v) is 4.59. The predicted octanol–water partition coefficient (Wildman–Crippen LogP) is 1.76. The quantitative estimate of drug-likeness (QED) is 0.888. The molecule has 1 aliphatic heterocycles. The maximum absolute atomic E-state index is 11.6. The van der Waals surface area contributed by atoms with Gasteiger partial charge in [0.1, 0.15) is 5.75 Å². The molecular weight excluding hydrogens is 240 g/mol. The fraction of sp³-hybridized carbons (Fsp3) is 0.273. The van der Waals surface area contributed by atoms with Gasteiger partial charge in [-0.2, -0.15) is 0 Å². The van der Waals surface area contributed by atoms with Gasteiger partial charge in [0.05, 0.1) is 7.11 Å². The van der Waals surface area contributed by atoms with Crippen molar-refractivity contribution in [2.75, 3.05) is 19.5 Å². The van der Waals surface area contributed by atoms with E-state index in [2.05, 4.69) is 5.32 Å². The highest BCUT2D eigenvalue weighted by atomic mass is 32.2. The first kappa shape index (κ1) is 11.8. The van der Waals surface area contributed by atoms with E-state index in [9.17, 15) is 9.59 Å².